The smallest absolute Gasteiger partial charge is 0.253 e. The third kappa shape index (κ3) is 3.35. The number of carbonyl (C=O) groups excluding carboxylic acids is 1. The van der Waals surface area contributed by atoms with Crippen LogP contribution in [0.1, 0.15) is 53.6 Å². The first-order valence-corrected chi connectivity index (χ1v) is 10.3. The Balaban J connectivity index is 1.86. The number of likely N-dealkylation sites (tertiary alicyclic amines) is 1. The van der Waals surface area contributed by atoms with Crippen molar-refractivity contribution < 1.29 is 13.2 Å². The van der Waals surface area contributed by atoms with Gasteiger partial charge in [0.1, 0.15) is 0 Å². The van der Waals surface area contributed by atoms with Gasteiger partial charge in [-0.2, -0.15) is 0 Å². The molecule has 1 aliphatic heterocycles. The van der Waals surface area contributed by atoms with Gasteiger partial charge >= 0.3 is 0 Å². The monoisotopic (exact) mass is 350 g/mol. The summed E-state index contributed by atoms with van der Waals surface area (Å²) in [5.41, 5.74) is 1.81. The maximum Gasteiger partial charge on any atom is 0.253 e. The van der Waals surface area contributed by atoms with E-state index in [1.165, 1.54) is 31.7 Å². The number of carbonyl (C=O) groups is 1. The summed E-state index contributed by atoms with van der Waals surface area (Å²) in [6, 6.07) is 3.21. The molecule has 1 aliphatic carbocycles. The number of hydrogen-bond acceptors (Lipinski definition) is 3. The lowest BCUT2D eigenvalue weighted by Gasteiger charge is -2.41. The zero-order valence-corrected chi connectivity index (χ0v) is 15.2. The summed E-state index contributed by atoms with van der Waals surface area (Å²) in [6.07, 6.45) is 6.10. The fraction of sp³-hybridized carbons (Fsp3) is 0.611. The molecule has 1 heterocycles. The molecule has 1 saturated carbocycles. The average molecular weight is 350 g/mol. The van der Waals surface area contributed by atoms with Crippen LogP contribution in [0.5, 0.6) is 0 Å². The second kappa shape index (κ2) is 6.48. The second-order valence-electron chi connectivity index (χ2n) is 7.31. The molecular formula is C18H26N2O3S. The van der Waals surface area contributed by atoms with E-state index in [2.05, 4.69) is 0 Å². The van der Waals surface area contributed by atoms with Crippen molar-refractivity contribution in [3.63, 3.8) is 0 Å². The third-order valence-corrected chi connectivity index (χ3v) is 6.79. The van der Waals surface area contributed by atoms with Crippen LogP contribution in [0, 0.1) is 25.7 Å². The van der Waals surface area contributed by atoms with Crippen molar-refractivity contribution in [3.05, 3.63) is 28.8 Å². The molecule has 3 rings (SSSR count). The molecule has 132 valence electrons. The van der Waals surface area contributed by atoms with E-state index in [1.54, 1.807) is 13.0 Å². The molecule has 0 bridgehead atoms. The van der Waals surface area contributed by atoms with Gasteiger partial charge in [-0.1, -0.05) is 19.3 Å². The molecule has 0 unspecified atom stereocenters. The van der Waals surface area contributed by atoms with Gasteiger partial charge in [-0.25, -0.2) is 13.6 Å². The highest BCUT2D eigenvalue weighted by molar-refractivity contribution is 7.89. The minimum absolute atomic E-state index is 0.0541. The summed E-state index contributed by atoms with van der Waals surface area (Å²) < 4.78 is 23.6. The van der Waals surface area contributed by atoms with Crippen molar-refractivity contribution in [2.24, 2.45) is 17.0 Å². The van der Waals surface area contributed by atoms with Crippen molar-refractivity contribution in [2.75, 3.05) is 13.1 Å². The minimum Gasteiger partial charge on any atom is -0.338 e. The van der Waals surface area contributed by atoms with E-state index in [1.807, 2.05) is 11.8 Å². The predicted molar refractivity (Wildman–Crippen MR) is 93.3 cm³/mol. The molecule has 1 saturated heterocycles. The van der Waals surface area contributed by atoms with Crippen LogP contribution in [0.15, 0.2) is 17.0 Å². The lowest BCUT2D eigenvalue weighted by Crippen LogP contribution is -2.44. The summed E-state index contributed by atoms with van der Waals surface area (Å²) in [4.78, 5) is 14.9. The van der Waals surface area contributed by atoms with Gasteiger partial charge in [0, 0.05) is 18.7 Å². The number of amides is 1. The highest BCUT2D eigenvalue weighted by Gasteiger charge is 2.33. The number of nitrogens with zero attached hydrogens (tertiary/aromatic N) is 1. The highest BCUT2D eigenvalue weighted by atomic mass is 32.2. The lowest BCUT2D eigenvalue weighted by atomic mass is 9.75. The van der Waals surface area contributed by atoms with E-state index >= 15 is 0 Å². The van der Waals surface area contributed by atoms with Crippen LogP contribution >= 0.6 is 0 Å². The molecule has 0 aromatic heterocycles. The van der Waals surface area contributed by atoms with Crippen molar-refractivity contribution in [2.45, 2.75) is 50.8 Å². The van der Waals surface area contributed by atoms with Crippen molar-refractivity contribution >= 4 is 15.9 Å². The van der Waals surface area contributed by atoms with Crippen LogP contribution in [-0.4, -0.2) is 32.3 Å². The number of nitrogens with two attached hydrogens (primary N) is 1. The quantitative estimate of drug-likeness (QED) is 0.890. The number of primary sulfonamides is 1. The van der Waals surface area contributed by atoms with Crippen LogP contribution in [0.3, 0.4) is 0 Å². The van der Waals surface area contributed by atoms with Crippen molar-refractivity contribution in [3.8, 4) is 0 Å². The average Bonchev–Trinajstić information content (AvgIpc) is 2.55. The Bertz CT molecular complexity index is 758. The first-order chi connectivity index (χ1) is 11.3. The summed E-state index contributed by atoms with van der Waals surface area (Å²) in [5, 5.41) is 5.31. The van der Waals surface area contributed by atoms with E-state index in [-0.39, 0.29) is 10.8 Å². The van der Waals surface area contributed by atoms with Gasteiger partial charge in [0.25, 0.3) is 5.91 Å². The standard InChI is InChI=1S/C18H26N2O3S/c1-12-9-16(10-17(13(12)2)24(19,22)23)18(21)20-8-7-14-5-3-4-6-15(14)11-20/h9-10,14-15H,3-8,11H2,1-2H3,(H2,19,22,23)/t14-,15+/m0/s1. The Morgan fingerprint density at radius 2 is 1.79 bits per heavy atom. The minimum atomic E-state index is -3.83. The molecule has 1 amide bonds. The van der Waals surface area contributed by atoms with Gasteiger partial charge in [-0.05, 0) is 61.8 Å². The SMILES string of the molecule is Cc1cc(C(=O)N2CC[C@@H]3CCCC[C@@H]3C2)cc(S(N)(=O)=O)c1C. The van der Waals surface area contributed by atoms with E-state index in [9.17, 15) is 13.2 Å². The molecule has 2 fully saturated rings. The topological polar surface area (TPSA) is 80.5 Å². The number of hydrogen-bond donors (Lipinski definition) is 1. The first kappa shape index (κ1) is 17.4. The Morgan fingerprint density at radius 3 is 2.46 bits per heavy atom. The molecule has 5 nitrogen and oxygen atoms in total. The molecule has 1 aromatic carbocycles. The van der Waals surface area contributed by atoms with E-state index in [4.69, 9.17) is 5.14 Å². The fourth-order valence-electron chi connectivity index (χ4n) is 4.21. The van der Waals surface area contributed by atoms with Crippen molar-refractivity contribution in [1.82, 2.24) is 4.90 Å². The Kier molecular flexibility index (Phi) is 4.71. The number of rotatable bonds is 2. The number of benzene rings is 1. The Morgan fingerprint density at radius 1 is 1.12 bits per heavy atom. The normalized spacial score (nSPS) is 24.5. The maximum absolute atomic E-state index is 12.9. The summed E-state index contributed by atoms with van der Waals surface area (Å²) >= 11 is 0. The third-order valence-electron chi connectivity index (χ3n) is 5.75. The van der Waals surface area contributed by atoms with Gasteiger partial charge in [0.05, 0.1) is 4.90 Å². The fourth-order valence-corrected chi connectivity index (χ4v) is 5.09. The van der Waals surface area contributed by atoms with Crippen LogP contribution in [0.4, 0.5) is 0 Å². The van der Waals surface area contributed by atoms with Crippen LogP contribution < -0.4 is 5.14 Å². The molecular weight excluding hydrogens is 324 g/mol. The number of fused-ring (bicyclic) bond motifs is 1. The molecule has 0 radical (unpaired) electrons. The van der Waals surface area contributed by atoms with Crippen LogP contribution in [-0.2, 0) is 10.0 Å². The van der Waals surface area contributed by atoms with Gasteiger partial charge in [-0.3, -0.25) is 4.79 Å². The van der Waals surface area contributed by atoms with E-state index in [0.29, 0.717) is 17.0 Å². The van der Waals surface area contributed by atoms with Gasteiger partial charge in [0.2, 0.25) is 10.0 Å². The van der Waals surface area contributed by atoms with Gasteiger partial charge in [-0.15, -0.1) is 0 Å². The molecule has 1 aromatic rings. The zero-order chi connectivity index (χ0) is 17.5. The van der Waals surface area contributed by atoms with Gasteiger partial charge in [0.15, 0.2) is 0 Å². The zero-order valence-electron chi connectivity index (χ0n) is 14.4. The Hall–Kier alpha value is -1.40. The second-order valence-corrected chi connectivity index (χ2v) is 8.84. The summed E-state index contributed by atoms with van der Waals surface area (Å²) in [5.74, 6) is 1.27. The van der Waals surface area contributed by atoms with E-state index in [0.717, 1.165) is 31.0 Å². The largest absolute Gasteiger partial charge is 0.338 e. The molecule has 2 N–H and O–H groups in total. The molecule has 24 heavy (non-hydrogen) atoms. The molecule has 0 spiro atoms. The van der Waals surface area contributed by atoms with Crippen LogP contribution in [0.25, 0.3) is 0 Å². The van der Waals surface area contributed by atoms with Crippen LogP contribution in [0.2, 0.25) is 0 Å². The lowest BCUT2D eigenvalue weighted by molar-refractivity contribution is 0.0520. The summed E-state index contributed by atoms with van der Waals surface area (Å²) in [6.45, 7) is 5.09. The maximum atomic E-state index is 12.9. The van der Waals surface area contributed by atoms with Gasteiger partial charge < -0.3 is 4.90 Å². The predicted octanol–water partition coefficient (Wildman–Crippen LogP) is 2.60. The molecule has 2 atom stereocenters. The number of sulfonamides is 1. The Labute approximate surface area is 144 Å². The molecule has 6 heteroatoms. The highest BCUT2D eigenvalue weighted by Crippen LogP contribution is 2.36. The number of aryl methyl sites for hydroxylation is 1. The number of piperidine rings is 1. The van der Waals surface area contributed by atoms with E-state index < -0.39 is 10.0 Å². The summed E-state index contributed by atoms with van der Waals surface area (Å²) in [7, 11) is -3.83. The molecule has 2 aliphatic rings. The van der Waals surface area contributed by atoms with Crippen molar-refractivity contribution in [1.29, 1.82) is 0 Å². The first-order valence-electron chi connectivity index (χ1n) is 8.70.